The number of hydrogen-bond acceptors (Lipinski definition) is 1. The molecule has 0 bridgehead atoms. The van der Waals surface area contributed by atoms with Gasteiger partial charge in [-0.05, 0) is 52.8 Å². The number of fused-ring (bicyclic) bond motifs is 1. The Bertz CT molecular complexity index is 947. The Labute approximate surface area is 158 Å². The highest BCUT2D eigenvalue weighted by atomic mass is 31.1. The number of benzene rings is 4. The minimum Gasteiger partial charge on any atom is -0.497 e. The summed E-state index contributed by atoms with van der Waals surface area (Å²) >= 11 is 0. The molecule has 26 heavy (non-hydrogen) atoms. The fraction of sp³-hybridized carbons (Fsp3) is 0.0435. The number of ether oxygens (including phenoxy) is 1. The van der Waals surface area contributed by atoms with Crippen LogP contribution in [-0.2, 0) is 0 Å². The molecule has 0 aliphatic carbocycles. The summed E-state index contributed by atoms with van der Waals surface area (Å²) in [7, 11) is 1.14. The van der Waals surface area contributed by atoms with Crippen LogP contribution in [0.4, 0.5) is 0 Å². The molecule has 0 saturated carbocycles. The van der Waals surface area contributed by atoms with E-state index in [0.717, 1.165) is 5.75 Å². The van der Waals surface area contributed by atoms with Crippen molar-refractivity contribution in [3.05, 3.63) is 97.1 Å². The predicted octanol–water partition coefficient (Wildman–Crippen LogP) is 4.23. The van der Waals surface area contributed by atoms with Crippen molar-refractivity contribution >= 4 is 43.0 Å². The van der Waals surface area contributed by atoms with Gasteiger partial charge >= 0.3 is 0 Å². The topological polar surface area (TPSA) is 9.23 Å². The Balaban J connectivity index is 0.00000196. The average molecular weight is 353 g/mol. The van der Waals surface area contributed by atoms with Crippen molar-refractivity contribution in [2.45, 2.75) is 0 Å². The van der Waals surface area contributed by atoms with Crippen LogP contribution in [0.5, 0.6) is 5.75 Å². The average Bonchev–Trinajstić information content (AvgIpc) is 2.69. The van der Waals surface area contributed by atoms with Gasteiger partial charge < -0.3 is 4.74 Å². The maximum absolute atomic E-state index is 5.40. The van der Waals surface area contributed by atoms with Crippen molar-refractivity contribution in [3.63, 3.8) is 0 Å². The normalized spacial score (nSPS) is 10.5. The second-order valence-electron chi connectivity index (χ2n) is 5.90. The summed E-state index contributed by atoms with van der Waals surface area (Å²) in [6.45, 7) is 0. The zero-order valence-electron chi connectivity index (χ0n) is 14.7. The minimum atomic E-state index is -0.574. The molecule has 0 saturated heterocycles. The Kier molecular flexibility index (Phi) is 5.76. The van der Waals surface area contributed by atoms with Crippen molar-refractivity contribution < 1.29 is 4.74 Å². The zero-order valence-corrected chi connectivity index (χ0v) is 15.6. The van der Waals surface area contributed by atoms with E-state index in [1.54, 1.807) is 7.11 Å². The van der Waals surface area contributed by atoms with Crippen LogP contribution >= 0.6 is 7.92 Å². The maximum Gasteiger partial charge on any atom is 0.119 e. The summed E-state index contributed by atoms with van der Waals surface area (Å²) in [5.41, 5.74) is 0. The molecular weight excluding hydrogens is 334 g/mol. The highest BCUT2D eigenvalue weighted by molar-refractivity contribution is 7.79. The first-order valence-corrected chi connectivity index (χ1v) is 9.67. The lowest BCUT2D eigenvalue weighted by Gasteiger charge is -2.20. The van der Waals surface area contributed by atoms with Gasteiger partial charge in [-0.25, -0.2) is 0 Å². The van der Waals surface area contributed by atoms with Gasteiger partial charge in [-0.3, -0.25) is 0 Å². The molecule has 0 heterocycles. The Morgan fingerprint density at radius 1 is 0.577 bits per heavy atom. The highest BCUT2D eigenvalue weighted by Crippen LogP contribution is 2.34. The molecular formula is C23H19BOP. The zero-order chi connectivity index (χ0) is 17.1. The summed E-state index contributed by atoms with van der Waals surface area (Å²) in [5.74, 6) is 0.897. The molecule has 125 valence electrons. The SMILES string of the molecule is COc1ccc2ccc(P(c3ccccc3)c3ccccc3)cc2c1.[B]. The second-order valence-corrected chi connectivity index (χ2v) is 8.12. The maximum atomic E-state index is 5.40. The van der Waals surface area contributed by atoms with Crippen molar-refractivity contribution in [2.75, 3.05) is 7.11 Å². The summed E-state index contributed by atoms with van der Waals surface area (Å²) in [6, 6.07) is 34.6. The monoisotopic (exact) mass is 353 g/mol. The predicted molar refractivity (Wildman–Crippen MR) is 115 cm³/mol. The Morgan fingerprint density at radius 2 is 1.15 bits per heavy atom. The molecule has 1 nitrogen and oxygen atoms in total. The van der Waals surface area contributed by atoms with Crippen molar-refractivity contribution in [3.8, 4) is 5.75 Å². The van der Waals surface area contributed by atoms with Crippen molar-refractivity contribution in [2.24, 2.45) is 0 Å². The van der Waals surface area contributed by atoms with Gasteiger partial charge in [-0.1, -0.05) is 78.9 Å². The van der Waals surface area contributed by atoms with Gasteiger partial charge in [0.1, 0.15) is 5.75 Å². The number of methoxy groups -OCH3 is 1. The van der Waals surface area contributed by atoms with Gasteiger partial charge in [0, 0.05) is 8.41 Å². The van der Waals surface area contributed by atoms with E-state index >= 15 is 0 Å². The molecule has 0 atom stereocenters. The van der Waals surface area contributed by atoms with E-state index in [0.29, 0.717) is 0 Å². The third kappa shape index (κ3) is 3.66. The molecule has 0 spiro atoms. The number of rotatable bonds is 4. The summed E-state index contributed by atoms with van der Waals surface area (Å²) in [6.07, 6.45) is 0. The Hall–Kier alpha value is -2.57. The van der Waals surface area contributed by atoms with E-state index in [1.165, 1.54) is 26.7 Å². The van der Waals surface area contributed by atoms with E-state index in [2.05, 4.69) is 91.0 Å². The van der Waals surface area contributed by atoms with Gasteiger partial charge in [0.2, 0.25) is 0 Å². The lowest BCUT2D eigenvalue weighted by Crippen LogP contribution is -2.20. The molecule has 0 unspecified atom stereocenters. The van der Waals surface area contributed by atoms with E-state index in [4.69, 9.17) is 4.74 Å². The van der Waals surface area contributed by atoms with Gasteiger partial charge in [-0.15, -0.1) is 0 Å². The van der Waals surface area contributed by atoms with E-state index < -0.39 is 7.92 Å². The first kappa shape index (κ1) is 18.2. The van der Waals surface area contributed by atoms with Crippen LogP contribution in [0.2, 0.25) is 0 Å². The van der Waals surface area contributed by atoms with Crippen LogP contribution < -0.4 is 20.7 Å². The lowest BCUT2D eigenvalue weighted by molar-refractivity contribution is 0.415. The summed E-state index contributed by atoms with van der Waals surface area (Å²) in [5, 5.41) is 6.54. The van der Waals surface area contributed by atoms with Gasteiger partial charge in [0.15, 0.2) is 0 Å². The highest BCUT2D eigenvalue weighted by Gasteiger charge is 2.16. The standard InChI is InChI=1S/C23H19OP.B/c1-24-20-14-12-18-13-15-23(17-19(18)16-20)25(21-8-4-2-5-9-21)22-10-6-3-7-11-22;/h2-17H,1H3;. The van der Waals surface area contributed by atoms with E-state index in [1.807, 2.05) is 6.07 Å². The van der Waals surface area contributed by atoms with E-state index in [-0.39, 0.29) is 8.41 Å². The van der Waals surface area contributed by atoms with Crippen LogP contribution in [0.3, 0.4) is 0 Å². The molecule has 3 heteroatoms. The first-order chi connectivity index (χ1) is 12.3. The smallest absolute Gasteiger partial charge is 0.119 e. The fourth-order valence-electron chi connectivity index (χ4n) is 3.08. The molecule has 4 aromatic rings. The van der Waals surface area contributed by atoms with Crippen LogP contribution in [0, 0.1) is 0 Å². The molecule has 0 aliphatic heterocycles. The molecule has 0 aromatic heterocycles. The first-order valence-electron chi connectivity index (χ1n) is 8.33. The molecule has 0 N–H and O–H groups in total. The third-order valence-corrected chi connectivity index (χ3v) is 6.74. The van der Waals surface area contributed by atoms with Crippen LogP contribution in [0.15, 0.2) is 97.1 Å². The van der Waals surface area contributed by atoms with Crippen molar-refractivity contribution in [1.82, 2.24) is 0 Å². The van der Waals surface area contributed by atoms with Gasteiger partial charge in [0.25, 0.3) is 0 Å². The van der Waals surface area contributed by atoms with Gasteiger partial charge in [0.05, 0.1) is 7.11 Å². The fourth-order valence-corrected chi connectivity index (χ4v) is 5.41. The van der Waals surface area contributed by atoms with Gasteiger partial charge in [-0.2, -0.15) is 0 Å². The van der Waals surface area contributed by atoms with Crippen LogP contribution in [0.25, 0.3) is 10.8 Å². The second kappa shape index (κ2) is 8.21. The molecule has 4 aromatic carbocycles. The van der Waals surface area contributed by atoms with Crippen LogP contribution in [-0.4, -0.2) is 15.5 Å². The van der Waals surface area contributed by atoms with Crippen LogP contribution in [0.1, 0.15) is 0 Å². The summed E-state index contributed by atoms with van der Waals surface area (Å²) in [4.78, 5) is 0. The largest absolute Gasteiger partial charge is 0.497 e. The molecule has 0 aliphatic rings. The van der Waals surface area contributed by atoms with E-state index in [9.17, 15) is 0 Å². The summed E-state index contributed by atoms with van der Waals surface area (Å²) < 4.78 is 5.40. The molecule has 0 fully saturated rings. The molecule has 4 rings (SSSR count). The molecule has 0 amide bonds. The lowest BCUT2D eigenvalue weighted by atomic mass is 10.1. The number of hydrogen-bond donors (Lipinski definition) is 0. The molecule has 3 radical (unpaired) electrons. The van der Waals surface area contributed by atoms with Crippen molar-refractivity contribution in [1.29, 1.82) is 0 Å². The quantitative estimate of drug-likeness (QED) is 0.394. The Morgan fingerprint density at radius 3 is 1.73 bits per heavy atom. The minimum absolute atomic E-state index is 0. The third-order valence-electron chi connectivity index (χ3n) is 4.32.